The lowest BCUT2D eigenvalue weighted by molar-refractivity contribution is -0.113. The Balaban J connectivity index is 1.61. The number of thioether (sulfide) groups is 1. The summed E-state index contributed by atoms with van der Waals surface area (Å²) in [6, 6.07) is 19.6. The molecule has 5 heteroatoms. The Morgan fingerprint density at radius 1 is 1.00 bits per heavy atom. The van der Waals surface area contributed by atoms with E-state index in [0.717, 1.165) is 22.0 Å². The van der Waals surface area contributed by atoms with Crippen LogP contribution in [0.2, 0.25) is 0 Å². The van der Waals surface area contributed by atoms with Crippen LogP contribution in [0.1, 0.15) is 11.1 Å². The molecule has 4 nitrogen and oxygen atoms in total. The number of aryl methyl sites for hydroxylation is 2. The van der Waals surface area contributed by atoms with Gasteiger partial charge in [-0.3, -0.25) is 4.79 Å². The monoisotopic (exact) mass is 349 g/mol. The van der Waals surface area contributed by atoms with Gasteiger partial charge in [-0.1, -0.05) is 47.7 Å². The van der Waals surface area contributed by atoms with Gasteiger partial charge in [0.1, 0.15) is 5.03 Å². The lowest BCUT2D eigenvalue weighted by Crippen LogP contribution is -2.13. The summed E-state index contributed by atoms with van der Waals surface area (Å²) in [6.07, 6.45) is 0. The van der Waals surface area contributed by atoms with Crippen LogP contribution in [-0.2, 0) is 4.79 Å². The zero-order chi connectivity index (χ0) is 17.6. The van der Waals surface area contributed by atoms with Crippen LogP contribution in [0.25, 0.3) is 11.3 Å². The van der Waals surface area contributed by atoms with Crippen LogP contribution in [0.15, 0.2) is 65.7 Å². The van der Waals surface area contributed by atoms with Crippen LogP contribution in [0.4, 0.5) is 5.69 Å². The molecule has 0 saturated carbocycles. The number of anilines is 1. The predicted molar refractivity (Wildman–Crippen MR) is 103 cm³/mol. The van der Waals surface area contributed by atoms with Gasteiger partial charge in [-0.05, 0) is 49.7 Å². The van der Waals surface area contributed by atoms with Gasteiger partial charge in [-0.15, -0.1) is 10.2 Å². The van der Waals surface area contributed by atoms with Crippen molar-refractivity contribution < 1.29 is 4.79 Å². The fraction of sp³-hybridized carbons (Fsp3) is 0.150. The van der Waals surface area contributed by atoms with Crippen molar-refractivity contribution in [1.29, 1.82) is 0 Å². The van der Waals surface area contributed by atoms with Gasteiger partial charge in [0.25, 0.3) is 0 Å². The maximum atomic E-state index is 12.0. The van der Waals surface area contributed by atoms with E-state index in [4.69, 9.17) is 0 Å². The van der Waals surface area contributed by atoms with Crippen molar-refractivity contribution in [2.24, 2.45) is 0 Å². The molecule has 0 aliphatic carbocycles. The third kappa shape index (κ3) is 4.67. The first-order valence-electron chi connectivity index (χ1n) is 8.01. The van der Waals surface area contributed by atoms with E-state index in [2.05, 4.69) is 47.6 Å². The van der Waals surface area contributed by atoms with E-state index in [1.54, 1.807) is 0 Å². The van der Waals surface area contributed by atoms with Crippen molar-refractivity contribution in [3.63, 3.8) is 0 Å². The minimum Gasteiger partial charge on any atom is -0.325 e. The fourth-order valence-electron chi connectivity index (χ4n) is 2.41. The highest BCUT2D eigenvalue weighted by Gasteiger charge is 2.07. The molecule has 0 fully saturated rings. The summed E-state index contributed by atoms with van der Waals surface area (Å²) in [5, 5.41) is 12.1. The van der Waals surface area contributed by atoms with E-state index in [1.807, 2.05) is 42.5 Å². The van der Waals surface area contributed by atoms with E-state index in [1.165, 1.54) is 22.9 Å². The molecule has 0 atom stereocenters. The van der Waals surface area contributed by atoms with Crippen LogP contribution in [0.5, 0.6) is 0 Å². The van der Waals surface area contributed by atoms with Gasteiger partial charge in [0.2, 0.25) is 5.91 Å². The molecule has 3 rings (SSSR count). The molecule has 1 amide bonds. The zero-order valence-corrected chi connectivity index (χ0v) is 15.0. The number of amides is 1. The van der Waals surface area contributed by atoms with Gasteiger partial charge in [-0.25, -0.2) is 0 Å². The van der Waals surface area contributed by atoms with Gasteiger partial charge in [0.05, 0.1) is 11.4 Å². The number of aromatic nitrogens is 2. The highest BCUT2D eigenvalue weighted by atomic mass is 32.2. The Morgan fingerprint density at radius 2 is 1.80 bits per heavy atom. The number of para-hydroxylation sites is 1. The number of carbonyl (C=O) groups is 1. The molecule has 0 aliphatic rings. The third-order valence-corrected chi connectivity index (χ3v) is 4.64. The summed E-state index contributed by atoms with van der Waals surface area (Å²) >= 11 is 1.37. The molecule has 1 heterocycles. The van der Waals surface area contributed by atoms with Crippen molar-refractivity contribution in [1.82, 2.24) is 10.2 Å². The minimum absolute atomic E-state index is 0.0587. The van der Waals surface area contributed by atoms with Crippen molar-refractivity contribution in [2.75, 3.05) is 11.1 Å². The summed E-state index contributed by atoms with van der Waals surface area (Å²) < 4.78 is 0. The van der Waals surface area contributed by atoms with Gasteiger partial charge < -0.3 is 5.32 Å². The predicted octanol–water partition coefficient (Wildman–Crippen LogP) is 4.49. The SMILES string of the molecule is Cc1ccc(C)c(-c2ccc(SCC(=O)Nc3ccccc3)nn2)c1. The highest BCUT2D eigenvalue weighted by molar-refractivity contribution is 7.99. The van der Waals surface area contributed by atoms with Gasteiger partial charge in [-0.2, -0.15) is 0 Å². The lowest BCUT2D eigenvalue weighted by Gasteiger charge is -2.07. The fourth-order valence-corrected chi connectivity index (χ4v) is 3.02. The average Bonchev–Trinajstić information content (AvgIpc) is 2.63. The number of rotatable bonds is 5. The van der Waals surface area contributed by atoms with Gasteiger partial charge in [0, 0.05) is 11.3 Å². The molecule has 0 spiro atoms. The second kappa shape index (κ2) is 7.94. The first-order valence-corrected chi connectivity index (χ1v) is 8.99. The van der Waals surface area contributed by atoms with E-state index >= 15 is 0 Å². The lowest BCUT2D eigenvalue weighted by atomic mass is 10.0. The molecule has 25 heavy (non-hydrogen) atoms. The number of hydrogen-bond donors (Lipinski definition) is 1. The molecular weight excluding hydrogens is 330 g/mol. The number of benzene rings is 2. The van der Waals surface area contributed by atoms with Crippen molar-refractivity contribution in [3.05, 3.63) is 71.8 Å². The van der Waals surface area contributed by atoms with E-state index in [0.29, 0.717) is 5.75 Å². The maximum absolute atomic E-state index is 12.0. The molecule has 0 bridgehead atoms. The van der Waals surface area contributed by atoms with Crippen LogP contribution < -0.4 is 5.32 Å². The van der Waals surface area contributed by atoms with E-state index < -0.39 is 0 Å². The molecule has 1 N–H and O–H groups in total. The Labute approximate surface area is 151 Å². The molecule has 0 saturated heterocycles. The summed E-state index contributed by atoms with van der Waals surface area (Å²) in [5.74, 6) is 0.239. The van der Waals surface area contributed by atoms with Crippen molar-refractivity contribution in [2.45, 2.75) is 18.9 Å². The number of nitrogens with one attached hydrogen (secondary N) is 1. The second-order valence-corrected chi connectivity index (χ2v) is 6.77. The van der Waals surface area contributed by atoms with Gasteiger partial charge in [0.15, 0.2) is 0 Å². The van der Waals surface area contributed by atoms with Crippen LogP contribution in [0.3, 0.4) is 0 Å². The summed E-state index contributed by atoms with van der Waals surface area (Å²) in [4.78, 5) is 12.0. The Bertz CT molecular complexity index is 864. The van der Waals surface area contributed by atoms with Crippen LogP contribution >= 0.6 is 11.8 Å². The first kappa shape index (κ1) is 17.2. The molecule has 0 aliphatic heterocycles. The average molecular weight is 349 g/mol. The number of hydrogen-bond acceptors (Lipinski definition) is 4. The van der Waals surface area contributed by atoms with Crippen LogP contribution in [-0.4, -0.2) is 21.9 Å². The number of carbonyl (C=O) groups excluding carboxylic acids is 1. The molecular formula is C20H19N3OS. The van der Waals surface area contributed by atoms with E-state index in [9.17, 15) is 4.79 Å². The summed E-state index contributed by atoms with van der Waals surface area (Å²) in [5.41, 5.74) is 5.09. The van der Waals surface area contributed by atoms with Crippen molar-refractivity contribution in [3.8, 4) is 11.3 Å². The summed E-state index contributed by atoms with van der Waals surface area (Å²) in [7, 11) is 0. The Kier molecular flexibility index (Phi) is 5.46. The molecule has 0 unspecified atom stereocenters. The zero-order valence-electron chi connectivity index (χ0n) is 14.2. The molecule has 3 aromatic rings. The van der Waals surface area contributed by atoms with Gasteiger partial charge >= 0.3 is 0 Å². The molecule has 2 aromatic carbocycles. The molecule has 126 valence electrons. The number of nitrogens with zero attached hydrogens (tertiary/aromatic N) is 2. The van der Waals surface area contributed by atoms with Crippen LogP contribution in [0, 0.1) is 13.8 Å². The third-order valence-electron chi connectivity index (χ3n) is 3.72. The first-order chi connectivity index (χ1) is 12.1. The minimum atomic E-state index is -0.0587. The Morgan fingerprint density at radius 3 is 2.52 bits per heavy atom. The smallest absolute Gasteiger partial charge is 0.234 e. The second-order valence-electron chi connectivity index (χ2n) is 5.78. The summed E-state index contributed by atoms with van der Waals surface area (Å²) in [6.45, 7) is 4.12. The molecule has 0 radical (unpaired) electrons. The van der Waals surface area contributed by atoms with E-state index in [-0.39, 0.29) is 5.91 Å². The normalized spacial score (nSPS) is 10.5. The highest BCUT2D eigenvalue weighted by Crippen LogP contribution is 2.24. The quantitative estimate of drug-likeness (QED) is 0.690. The largest absolute Gasteiger partial charge is 0.325 e. The Hall–Kier alpha value is -2.66. The standard InChI is InChI=1S/C20H19N3OS/c1-14-8-9-15(2)17(12-14)18-10-11-20(23-22-18)25-13-19(24)21-16-6-4-3-5-7-16/h3-12H,13H2,1-2H3,(H,21,24). The topological polar surface area (TPSA) is 54.9 Å². The molecule has 1 aromatic heterocycles. The maximum Gasteiger partial charge on any atom is 0.234 e. The van der Waals surface area contributed by atoms with Crippen molar-refractivity contribution >= 4 is 23.4 Å².